The Morgan fingerprint density at radius 2 is 1.86 bits per heavy atom. The van der Waals surface area contributed by atoms with Crippen LogP contribution in [0.4, 0.5) is 0 Å². The summed E-state index contributed by atoms with van der Waals surface area (Å²) in [5.74, 6) is -0.312. The Labute approximate surface area is 166 Å². The van der Waals surface area contributed by atoms with Crippen molar-refractivity contribution < 1.29 is 9.53 Å². The van der Waals surface area contributed by atoms with E-state index in [2.05, 4.69) is 18.7 Å². The van der Waals surface area contributed by atoms with Crippen molar-refractivity contribution in [2.45, 2.75) is 40.2 Å². The molecule has 0 radical (unpaired) electrons. The van der Waals surface area contributed by atoms with Crippen LogP contribution in [0.25, 0.3) is 16.9 Å². The van der Waals surface area contributed by atoms with E-state index in [-0.39, 0.29) is 5.97 Å². The number of ether oxygens (including phenoxy) is 1. The zero-order valence-electron chi connectivity index (χ0n) is 17.1. The van der Waals surface area contributed by atoms with Crippen LogP contribution in [0, 0.1) is 0 Å². The van der Waals surface area contributed by atoms with Crippen molar-refractivity contribution in [2.75, 3.05) is 26.2 Å². The van der Waals surface area contributed by atoms with Crippen molar-refractivity contribution >= 4 is 11.5 Å². The Morgan fingerprint density at radius 1 is 1.07 bits per heavy atom. The number of carbonyl (C=O) groups is 1. The van der Waals surface area contributed by atoms with Gasteiger partial charge in [0.2, 0.25) is 0 Å². The average Bonchev–Trinajstić information content (AvgIpc) is 3.31. The second kappa shape index (κ2) is 9.55. The van der Waals surface area contributed by atoms with Gasteiger partial charge in [-0.2, -0.15) is 5.10 Å². The van der Waals surface area contributed by atoms with Gasteiger partial charge in [0.05, 0.1) is 24.4 Å². The first-order valence-corrected chi connectivity index (χ1v) is 10.2. The molecule has 3 aromatic rings. The molecule has 0 N–H and O–H groups in total. The average molecular weight is 383 g/mol. The number of aromatic nitrogens is 3. The number of fused-ring (bicyclic) bond motifs is 1. The van der Waals surface area contributed by atoms with Gasteiger partial charge in [-0.05, 0) is 57.1 Å². The Balaban J connectivity index is 1.87. The lowest BCUT2D eigenvalue weighted by Crippen LogP contribution is -2.29. The van der Waals surface area contributed by atoms with E-state index in [4.69, 9.17) is 9.84 Å². The summed E-state index contributed by atoms with van der Waals surface area (Å²) in [6.07, 6.45) is 6.26. The highest BCUT2D eigenvalue weighted by Crippen LogP contribution is 2.27. The van der Waals surface area contributed by atoms with Gasteiger partial charge in [-0.25, -0.2) is 4.79 Å². The predicted molar refractivity (Wildman–Crippen MR) is 112 cm³/mol. The SMILES string of the molecule is CCCN(CCC)CCn1ccc(-c2c(C(=O)OCC)cc3ccccn23)n1. The summed E-state index contributed by atoms with van der Waals surface area (Å²) in [5.41, 5.74) is 3.07. The Bertz CT molecular complexity index is 906. The molecular formula is C22H30N4O2. The molecule has 3 aromatic heterocycles. The molecule has 0 bridgehead atoms. The van der Waals surface area contributed by atoms with E-state index in [0.29, 0.717) is 12.2 Å². The summed E-state index contributed by atoms with van der Waals surface area (Å²) in [6.45, 7) is 10.6. The molecule has 0 spiro atoms. The first-order chi connectivity index (χ1) is 13.7. The number of hydrogen-bond donors (Lipinski definition) is 0. The van der Waals surface area contributed by atoms with Gasteiger partial charge in [0, 0.05) is 24.5 Å². The number of rotatable bonds is 10. The van der Waals surface area contributed by atoms with E-state index in [1.165, 1.54) is 0 Å². The largest absolute Gasteiger partial charge is 0.462 e. The van der Waals surface area contributed by atoms with Crippen molar-refractivity contribution in [1.82, 2.24) is 19.1 Å². The molecule has 6 heteroatoms. The lowest BCUT2D eigenvalue weighted by atomic mass is 10.2. The molecule has 0 amide bonds. The lowest BCUT2D eigenvalue weighted by Gasteiger charge is -2.20. The fraction of sp³-hybridized carbons (Fsp3) is 0.455. The molecule has 0 aliphatic rings. The van der Waals surface area contributed by atoms with Gasteiger partial charge >= 0.3 is 5.97 Å². The highest BCUT2D eigenvalue weighted by molar-refractivity contribution is 5.98. The first kappa shape index (κ1) is 20.1. The Hall–Kier alpha value is -2.60. The van der Waals surface area contributed by atoms with E-state index in [9.17, 15) is 4.79 Å². The van der Waals surface area contributed by atoms with Crippen LogP contribution in [0.5, 0.6) is 0 Å². The van der Waals surface area contributed by atoms with Gasteiger partial charge < -0.3 is 14.0 Å². The topological polar surface area (TPSA) is 51.8 Å². The molecule has 0 saturated carbocycles. The smallest absolute Gasteiger partial charge is 0.340 e. The number of pyridine rings is 1. The summed E-state index contributed by atoms with van der Waals surface area (Å²) in [5, 5.41) is 4.76. The fourth-order valence-corrected chi connectivity index (χ4v) is 3.57. The minimum absolute atomic E-state index is 0.312. The molecule has 3 heterocycles. The summed E-state index contributed by atoms with van der Waals surface area (Å²) in [7, 11) is 0. The molecular weight excluding hydrogens is 352 g/mol. The molecule has 0 fully saturated rings. The van der Waals surface area contributed by atoms with E-state index in [1.807, 2.05) is 58.7 Å². The molecule has 0 aromatic carbocycles. The van der Waals surface area contributed by atoms with Crippen LogP contribution in [0.2, 0.25) is 0 Å². The standard InChI is InChI=1S/C22H30N4O2/c1-4-11-24(12-5-2)15-16-25-14-10-20(23-25)21-19(22(27)28-6-3)17-18-9-7-8-13-26(18)21/h7-10,13-14,17H,4-6,11-12,15-16H2,1-3H3. The maximum atomic E-state index is 12.5. The molecule has 150 valence electrons. The minimum Gasteiger partial charge on any atom is -0.462 e. The predicted octanol–water partition coefficient (Wildman–Crippen LogP) is 4.10. The van der Waals surface area contributed by atoms with E-state index < -0.39 is 0 Å². The second-order valence-electron chi connectivity index (χ2n) is 6.93. The van der Waals surface area contributed by atoms with Crippen LogP contribution >= 0.6 is 0 Å². The van der Waals surface area contributed by atoms with Crippen LogP contribution in [-0.2, 0) is 11.3 Å². The van der Waals surface area contributed by atoms with E-state index in [0.717, 1.165) is 55.9 Å². The highest BCUT2D eigenvalue weighted by atomic mass is 16.5. The Kier molecular flexibility index (Phi) is 6.87. The van der Waals surface area contributed by atoms with Crippen LogP contribution in [0.3, 0.4) is 0 Å². The van der Waals surface area contributed by atoms with Crippen LogP contribution < -0.4 is 0 Å². The molecule has 0 saturated heterocycles. The van der Waals surface area contributed by atoms with Crippen LogP contribution in [-0.4, -0.2) is 51.3 Å². The summed E-state index contributed by atoms with van der Waals surface area (Å²) in [6, 6.07) is 9.74. The molecule has 3 rings (SSSR count). The van der Waals surface area contributed by atoms with Crippen molar-refractivity contribution in [2.24, 2.45) is 0 Å². The van der Waals surface area contributed by atoms with Gasteiger partial charge in [-0.15, -0.1) is 0 Å². The third-order valence-corrected chi connectivity index (χ3v) is 4.78. The molecule has 0 aliphatic carbocycles. The molecule has 28 heavy (non-hydrogen) atoms. The summed E-state index contributed by atoms with van der Waals surface area (Å²) in [4.78, 5) is 15.0. The normalized spacial score (nSPS) is 11.4. The van der Waals surface area contributed by atoms with Crippen LogP contribution in [0.1, 0.15) is 44.0 Å². The number of esters is 1. The molecule has 0 aliphatic heterocycles. The number of hydrogen-bond acceptors (Lipinski definition) is 4. The van der Waals surface area contributed by atoms with Gasteiger partial charge in [0.1, 0.15) is 5.69 Å². The zero-order chi connectivity index (χ0) is 19.9. The van der Waals surface area contributed by atoms with E-state index in [1.54, 1.807) is 0 Å². The van der Waals surface area contributed by atoms with Crippen LogP contribution in [0.15, 0.2) is 42.7 Å². The quantitative estimate of drug-likeness (QED) is 0.495. The third-order valence-electron chi connectivity index (χ3n) is 4.78. The maximum absolute atomic E-state index is 12.5. The Morgan fingerprint density at radius 3 is 2.57 bits per heavy atom. The van der Waals surface area contributed by atoms with Gasteiger partial charge in [0.15, 0.2) is 0 Å². The zero-order valence-corrected chi connectivity index (χ0v) is 17.1. The van der Waals surface area contributed by atoms with Crippen molar-refractivity contribution in [3.63, 3.8) is 0 Å². The monoisotopic (exact) mass is 382 g/mol. The molecule has 0 unspecified atom stereocenters. The minimum atomic E-state index is -0.312. The second-order valence-corrected chi connectivity index (χ2v) is 6.93. The van der Waals surface area contributed by atoms with Gasteiger partial charge in [0.25, 0.3) is 0 Å². The van der Waals surface area contributed by atoms with Crippen molar-refractivity contribution in [1.29, 1.82) is 0 Å². The number of carbonyl (C=O) groups excluding carboxylic acids is 1. The highest BCUT2D eigenvalue weighted by Gasteiger charge is 2.21. The third kappa shape index (κ3) is 4.44. The molecule has 0 atom stereocenters. The first-order valence-electron chi connectivity index (χ1n) is 10.2. The van der Waals surface area contributed by atoms with Gasteiger partial charge in [-0.3, -0.25) is 4.68 Å². The summed E-state index contributed by atoms with van der Waals surface area (Å²) < 4.78 is 9.23. The van der Waals surface area contributed by atoms with Gasteiger partial charge in [-0.1, -0.05) is 19.9 Å². The molecule has 6 nitrogen and oxygen atoms in total. The van der Waals surface area contributed by atoms with E-state index >= 15 is 0 Å². The number of nitrogens with zero attached hydrogens (tertiary/aromatic N) is 4. The lowest BCUT2D eigenvalue weighted by molar-refractivity contribution is 0.0527. The van der Waals surface area contributed by atoms with Crippen molar-refractivity contribution in [3.8, 4) is 11.4 Å². The maximum Gasteiger partial charge on any atom is 0.340 e. The summed E-state index contributed by atoms with van der Waals surface area (Å²) >= 11 is 0. The van der Waals surface area contributed by atoms with Crippen molar-refractivity contribution in [3.05, 3.63) is 48.3 Å². The fourth-order valence-electron chi connectivity index (χ4n) is 3.57.